The van der Waals surface area contributed by atoms with Gasteiger partial charge in [0.05, 0.1) is 6.26 Å². The summed E-state index contributed by atoms with van der Waals surface area (Å²) in [6, 6.07) is 10.9. The van der Waals surface area contributed by atoms with Gasteiger partial charge in [-0.05, 0) is 43.7 Å². The van der Waals surface area contributed by atoms with Crippen LogP contribution in [-0.4, -0.2) is 52.0 Å². The van der Waals surface area contributed by atoms with Crippen LogP contribution in [0.25, 0.3) is 0 Å². The van der Waals surface area contributed by atoms with E-state index in [-0.39, 0.29) is 18.0 Å². The molecule has 0 saturated carbocycles. The molecular formula is C19H23N3O4. The summed E-state index contributed by atoms with van der Waals surface area (Å²) in [5.74, 6) is -0.230. The topological polar surface area (TPSA) is 86.0 Å². The van der Waals surface area contributed by atoms with Crippen molar-refractivity contribution in [3.63, 3.8) is 0 Å². The summed E-state index contributed by atoms with van der Waals surface area (Å²) in [6.45, 7) is 6.20. The number of furan rings is 1. The highest BCUT2D eigenvalue weighted by Gasteiger charge is 2.32. The van der Waals surface area contributed by atoms with Crippen LogP contribution >= 0.6 is 0 Å². The lowest BCUT2D eigenvalue weighted by atomic mass is 10.0. The van der Waals surface area contributed by atoms with Gasteiger partial charge in [0.25, 0.3) is 11.8 Å². The van der Waals surface area contributed by atoms with Gasteiger partial charge >= 0.3 is 0 Å². The van der Waals surface area contributed by atoms with Crippen LogP contribution in [0.5, 0.6) is 0 Å². The molecule has 1 aliphatic rings. The number of carbonyl (C=O) groups is 2. The zero-order valence-electron chi connectivity index (χ0n) is 14.9. The molecule has 1 aromatic heterocycles. The molecule has 2 atom stereocenters. The number of hydrogen-bond acceptors (Lipinski definition) is 5. The van der Waals surface area contributed by atoms with Crippen molar-refractivity contribution < 1.29 is 19.2 Å². The first-order chi connectivity index (χ1) is 12.5. The van der Waals surface area contributed by atoms with Gasteiger partial charge in [0, 0.05) is 37.3 Å². The minimum absolute atomic E-state index is 0.0762. The van der Waals surface area contributed by atoms with E-state index in [0.29, 0.717) is 24.4 Å². The van der Waals surface area contributed by atoms with E-state index in [1.165, 1.54) is 6.26 Å². The van der Waals surface area contributed by atoms with E-state index in [2.05, 4.69) is 18.7 Å². The van der Waals surface area contributed by atoms with E-state index in [4.69, 9.17) is 9.62 Å². The standard InChI is InChI=1S/C19H23N3O4/c1-13-10-21(19(24)17-4-3-9-26-17)11-14(2)22(13)12-15-5-7-16(8-6-15)18(23)20-25/h3-9,13-14,25H,10-12H2,1-2H3,(H,20,23)/t13-,14+. The molecule has 0 spiro atoms. The molecule has 0 unspecified atom stereocenters. The van der Waals surface area contributed by atoms with Crippen LogP contribution in [-0.2, 0) is 6.54 Å². The summed E-state index contributed by atoms with van der Waals surface area (Å²) in [4.78, 5) is 28.1. The molecule has 138 valence electrons. The van der Waals surface area contributed by atoms with Crippen molar-refractivity contribution in [1.82, 2.24) is 15.3 Å². The summed E-state index contributed by atoms with van der Waals surface area (Å²) in [5.41, 5.74) is 3.11. The van der Waals surface area contributed by atoms with Crippen LogP contribution in [0.15, 0.2) is 47.1 Å². The molecule has 3 rings (SSSR count). The van der Waals surface area contributed by atoms with E-state index in [0.717, 1.165) is 12.1 Å². The Balaban J connectivity index is 1.65. The maximum absolute atomic E-state index is 12.5. The molecule has 2 amide bonds. The molecule has 0 bridgehead atoms. The van der Waals surface area contributed by atoms with Crippen LogP contribution in [0, 0.1) is 0 Å². The number of piperazine rings is 1. The van der Waals surface area contributed by atoms with Crippen molar-refractivity contribution in [2.45, 2.75) is 32.5 Å². The first-order valence-corrected chi connectivity index (χ1v) is 8.61. The van der Waals surface area contributed by atoms with Gasteiger partial charge < -0.3 is 9.32 Å². The lowest BCUT2D eigenvalue weighted by Gasteiger charge is -2.44. The fraction of sp³-hybridized carbons (Fsp3) is 0.368. The number of hydrogen-bond donors (Lipinski definition) is 2. The number of amides is 2. The molecule has 1 aliphatic heterocycles. The van der Waals surface area contributed by atoms with Gasteiger partial charge in [0.2, 0.25) is 0 Å². The Kier molecular flexibility index (Phi) is 5.39. The van der Waals surface area contributed by atoms with E-state index in [9.17, 15) is 9.59 Å². The van der Waals surface area contributed by atoms with Gasteiger partial charge in [-0.2, -0.15) is 0 Å². The second kappa shape index (κ2) is 7.72. The largest absolute Gasteiger partial charge is 0.459 e. The predicted octanol–water partition coefficient (Wildman–Crippen LogP) is 2.13. The lowest BCUT2D eigenvalue weighted by Crippen LogP contribution is -2.57. The molecule has 1 saturated heterocycles. The Morgan fingerprint density at radius 1 is 1.15 bits per heavy atom. The third-order valence-electron chi connectivity index (χ3n) is 4.80. The second-order valence-corrected chi connectivity index (χ2v) is 6.70. The molecule has 0 radical (unpaired) electrons. The van der Waals surface area contributed by atoms with Crippen LogP contribution < -0.4 is 5.48 Å². The average Bonchev–Trinajstić information content (AvgIpc) is 3.18. The Morgan fingerprint density at radius 3 is 2.35 bits per heavy atom. The smallest absolute Gasteiger partial charge is 0.289 e. The summed E-state index contributed by atoms with van der Waals surface area (Å²) < 4.78 is 5.23. The first kappa shape index (κ1) is 18.2. The number of nitrogens with one attached hydrogen (secondary N) is 1. The Labute approximate surface area is 152 Å². The van der Waals surface area contributed by atoms with Crippen molar-refractivity contribution >= 4 is 11.8 Å². The van der Waals surface area contributed by atoms with Gasteiger partial charge in [0.1, 0.15) is 0 Å². The summed E-state index contributed by atoms with van der Waals surface area (Å²) in [7, 11) is 0. The SMILES string of the molecule is C[C@@H]1CN(C(=O)c2ccco2)C[C@H](C)N1Cc1ccc(C(=O)NO)cc1. The van der Waals surface area contributed by atoms with E-state index in [1.54, 1.807) is 29.7 Å². The molecule has 2 aromatic rings. The molecule has 7 nitrogen and oxygen atoms in total. The minimum Gasteiger partial charge on any atom is -0.459 e. The number of hydroxylamine groups is 1. The van der Waals surface area contributed by atoms with E-state index in [1.807, 2.05) is 17.0 Å². The van der Waals surface area contributed by atoms with E-state index < -0.39 is 5.91 Å². The summed E-state index contributed by atoms with van der Waals surface area (Å²) in [6.07, 6.45) is 1.51. The summed E-state index contributed by atoms with van der Waals surface area (Å²) in [5, 5.41) is 8.68. The highest BCUT2D eigenvalue weighted by molar-refractivity contribution is 5.93. The first-order valence-electron chi connectivity index (χ1n) is 8.61. The molecule has 0 aliphatic carbocycles. The third kappa shape index (κ3) is 3.79. The fourth-order valence-electron chi connectivity index (χ4n) is 3.43. The van der Waals surface area contributed by atoms with Crippen molar-refractivity contribution in [2.75, 3.05) is 13.1 Å². The maximum atomic E-state index is 12.5. The van der Waals surface area contributed by atoms with Gasteiger partial charge in [-0.1, -0.05) is 12.1 Å². The normalized spacial score (nSPS) is 20.8. The predicted molar refractivity (Wildman–Crippen MR) is 94.8 cm³/mol. The summed E-state index contributed by atoms with van der Waals surface area (Å²) >= 11 is 0. The van der Waals surface area contributed by atoms with Crippen molar-refractivity contribution in [1.29, 1.82) is 0 Å². The lowest BCUT2D eigenvalue weighted by molar-refractivity contribution is 0.0250. The third-order valence-corrected chi connectivity index (χ3v) is 4.80. The average molecular weight is 357 g/mol. The quantitative estimate of drug-likeness (QED) is 0.647. The van der Waals surface area contributed by atoms with Crippen molar-refractivity contribution in [3.05, 3.63) is 59.5 Å². The monoisotopic (exact) mass is 357 g/mol. The molecule has 2 heterocycles. The number of nitrogens with zero attached hydrogens (tertiary/aromatic N) is 2. The van der Waals surface area contributed by atoms with Crippen molar-refractivity contribution in [2.24, 2.45) is 0 Å². The molecular weight excluding hydrogens is 334 g/mol. The Hall–Kier alpha value is -2.64. The molecule has 2 N–H and O–H groups in total. The van der Waals surface area contributed by atoms with Crippen LogP contribution in [0.3, 0.4) is 0 Å². The van der Waals surface area contributed by atoms with Gasteiger partial charge in [-0.25, -0.2) is 5.48 Å². The zero-order chi connectivity index (χ0) is 18.7. The maximum Gasteiger partial charge on any atom is 0.289 e. The highest BCUT2D eigenvalue weighted by Crippen LogP contribution is 2.21. The fourth-order valence-corrected chi connectivity index (χ4v) is 3.43. The van der Waals surface area contributed by atoms with Crippen molar-refractivity contribution in [3.8, 4) is 0 Å². The zero-order valence-corrected chi connectivity index (χ0v) is 14.9. The molecule has 26 heavy (non-hydrogen) atoms. The molecule has 7 heteroatoms. The molecule has 1 fully saturated rings. The highest BCUT2D eigenvalue weighted by atomic mass is 16.5. The van der Waals surface area contributed by atoms with Gasteiger partial charge in [0.15, 0.2) is 5.76 Å². The Bertz CT molecular complexity index is 746. The number of carbonyl (C=O) groups excluding carboxylic acids is 2. The number of rotatable bonds is 4. The molecule has 1 aromatic carbocycles. The van der Waals surface area contributed by atoms with Crippen LogP contribution in [0.4, 0.5) is 0 Å². The van der Waals surface area contributed by atoms with Crippen LogP contribution in [0.1, 0.15) is 40.3 Å². The van der Waals surface area contributed by atoms with Gasteiger partial charge in [-0.3, -0.25) is 19.7 Å². The van der Waals surface area contributed by atoms with E-state index >= 15 is 0 Å². The minimum atomic E-state index is -0.525. The number of benzene rings is 1. The van der Waals surface area contributed by atoms with Gasteiger partial charge in [-0.15, -0.1) is 0 Å². The Morgan fingerprint density at radius 2 is 1.81 bits per heavy atom. The second-order valence-electron chi connectivity index (χ2n) is 6.70. The van der Waals surface area contributed by atoms with Crippen LogP contribution in [0.2, 0.25) is 0 Å².